The summed E-state index contributed by atoms with van der Waals surface area (Å²) >= 11 is 3.82. The molecule has 1 unspecified atom stereocenters. The minimum atomic E-state index is -1.33. The van der Waals surface area contributed by atoms with Gasteiger partial charge in [0.05, 0.1) is 6.42 Å². The molecule has 100 valence electrons. The number of oxazole rings is 1. The second-order valence-corrected chi connectivity index (χ2v) is 4.70. The summed E-state index contributed by atoms with van der Waals surface area (Å²) in [6.45, 7) is 1.71. The van der Waals surface area contributed by atoms with Gasteiger partial charge in [0.1, 0.15) is 10.9 Å². The van der Waals surface area contributed by atoms with Crippen molar-refractivity contribution in [3.8, 4) is 0 Å². The van der Waals surface area contributed by atoms with Crippen molar-refractivity contribution >= 4 is 34.8 Å². The van der Waals surface area contributed by atoms with E-state index in [1.54, 1.807) is 31.2 Å². The van der Waals surface area contributed by atoms with E-state index in [0.29, 0.717) is 11.1 Å². The third kappa shape index (κ3) is 2.35. The van der Waals surface area contributed by atoms with Crippen LogP contribution in [-0.2, 0) is 15.0 Å². The molecular weight excluding hydrogens is 266 g/mol. The maximum Gasteiger partial charge on any atom is 0.304 e. The fraction of sp³-hybridized carbons (Fsp3) is 0.308. The Balaban J connectivity index is 2.59. The number of hydrogen-bond acceptors (Lipinski definition) is 4. The van der Waals surface area contributed by atoms with Gasteiger partial charge in [-0.1, -0.05) is 19.1 Å². The Bertz CT molecular complexity index is 603. The second-order valence-electron chi connectivity index (χ2n) is 4.30. The monoisotopic (exact) mass is 279 g/mol. The van der Waals surface area contributed by atoms with E-state index in [2.05, 4.69) is 17.6 Å². The minimum absolute atomic E-state index is 0.110. The molecule has 5 nitrogen and oxygen atoms in total. The Kier molecular flexibility index (Phi) is 3.61. The van der Waals surface area contributed by atoms with Gasteiger partial charge < -0.3 is 9.52 Å². The van der Waals surface area contributed by atoms with Crippen LogP contribution in [0.1, 0.15) is 25.7 Å². The summed E-state index contributed by atoms with van der Waals surface area (Å²) in [5, 5.41) is 8.46. The van der Waals surface area contributed by atoms with E-state index in [4.69, 9.17) is 9.52 Å². The first-order valence-electron chi connectivity index (χ1n) is 5.81. The fourth-order valence-electron chi connectivity index (χ4n) is 2.01. The summed E-state index contributed by atoms with van der Waals surface area (Å²) in [7, 11) is 0. The van der Waals surface area contributed by atoms with E-state index in [1.807, 2.05) is 0 Å². The van der Waals surface area contributed by atoms with Crippen LogP contribution in [0.2, 0.25) is 0 Å². The molecular formula is C13H13NO4S. The number of nitrogens with zero attached hydrogens (tertiary/aromatic N) is 1. The standard InChI is InChI=1S/C13H13NO4S/c1-2-13(12(17)19,7-10(15)16)11-14-8-5-3-4-6-9(8)18-11/h3-6H,2,7H2,1H3,(H,15,16)(H,17,19). The van der Waals surface area contributed by atoms with E-state index in [0.717, 1.165) is 0 Å². The summed E-state index contributed by atoms with van der Waals surface area (Å²) in [5.74, 6) is -0.981. The Hall–Kier alpha value is -1.82. The number of thiol groups is 1. The smallest absolute Gasteiger partial charge is 0.304 e. The summed E-state index contributed by atoms with van der Waals surface area (Å²) in [4.78, 5) is 27.1. The van der Waals surface area contributed by atoms with Gasteiger partial charge in [-0.05, 0) is 18.6 Å². The highest BCUT2D eigenvalue weighted by Crippen LogP contribution is 2.35. The van der Waals surface area contributed by atoms with Crippen LogP contribution in [0.4, 0.5) is 0 Å². The van der Waals surface area contributed by atoms with Crippen LogP contribution in [-0.4, -0.2) is 21.2 Å². The number of aliphatic carboxylic acids is 1. The SMILES string of the molecule is CCC(CC(=O)O)(C(=O)S)c1nc2ccccc2o1. The highest BCUT2D eigenvalue weighted by Gasteiger charge is 2.43. The number of carboxylic acid groups (broad SMARTS) is 1. The first-order chi connectivity index (χ1) is 8.99. The van der Waals surface area contributed by atoms with E-state index in [-0.39, 0.29) is 12.3 Å². The predicted octanol–water partition coefficient (Wildman–Crippen LogP) is 2.41. The van der Waals surface area contributed by atoms with Crippen LogP contribution in [0, 0.1) is 0 Å². The fourth-order valence-corrected chi connectivity index (χ4v) is 2.34. The van der Waals surface area contributed by atoms with Crippen LogP contribution >= 0.6 is 12.6 Å². The predicted molar refractivity (Wildman–Crippen MR) is 72.2 cm³/mol. The highest BCUT2D eigenvalue weighted by atomic mass is 32.1. The summed E-state index contributed by atoms with van der Waals surface area (Å²) in [6, 6.07) is 7.04. The molecule has 1 aromatic heterocycles. The third-order valence-corrected chi connectivity index (χ3v) is 3.60. The molecule has 1 heterocycles. The van der Waals surface area contributed by atoms with Gasteiger partial charge in [-0.15, -0.1) is 12.6 Å². The van der Waals surface area contributed by atoms with Crippen LogP contribution in [0.5, 0.6) is 0 Å². The number of benzene rings is 1. The first-order valence-corrected chi connectivity index (χ1v) is 6.25. The Labute approximate surface area is 115 Å². The Morgan fingerprint density at radius 3 is 2.63 bits per heavy atom. The minimum Gasteiger partial charge on any atom is -0.481 e. The molecule has 2 aromatic rings. The molecule has 0 saturated carbocycles. The topological polar surface area (TPSA) is 80.4 Å². The van der Waals surface area contributed by atoms with Crippen molar-refractivity contribution in [2.45, 2.75) is 25.2 Å². The van der Waals surface area contributed by atoms with Gasteiger partial charge in [0.15, 0.2) is 5.58 Å². The molecule has 19 heavy (non-hydrogen) atoms. The zero-order valence-electron chi connectivity index (χ0n) is 10.3. The second kappa shape index (κ2) is 5.05. The first kappa shape index (κ1) is 13.6. The molecule has 0 fully saturated rings. The van der Waals surface area contributed by atoms with E-state index in [9.17, 15) is 9.59 Å². The summed E-state index contributed by atoms with van der Waals surface area (Å²) in [5.41, 5.74) is -0.209. The number of fused-ring (bicyclic) bond motifs is 1. The molecule has 0 spiro atoms. The molecule has 0 aliphatic carbocycles. The Morgan fingerprint density at radius 2 is 2.11 bits per heavy atom. The van der Waals surface area contributed by atoms with Crippen molar-refractivity contribution in [2.24, 2.45) is 0 Å². The third-order valence-electron chi connectivity index (χ3n) is 3.17. The zero-order chi connectivity index (χ0) is 14.0. The van der Waals surface area contributed by atoms with Crippen molar-refractivity contribution in [2.75, 3.05) is 0 Å². The average Bonchev–Trinajstić information content (AvgIpc) is 2.79. The lowest BCUT2D eigenvalue weighted by Gasteiger charge is -2.23. The summed E-state index contributed by atoms with van der Waals surface area (Å²) < 4.78 is 5.54. The molecule has 0 saturated heterocycles. The van der Waals surface area contributed by atoms with Crippen LogP contribution in [0.15, 0.2) is 28.7 Å². The summed E-state index contributed by atoms with van der Waals surface area (Å²) in [6.07, 6.45) is -0.132. The van der Waals surface area contributed by atoms with Crippen LogP contribution in [0.3, 0.4) is 0 Å². The number of carbonyl (C=O) groups is 2. The van der Waals surface area contributed by atoms with E-state index < -0.39 is 22.9 Å². The van der Waals surface area contributed by atoms with Crippen molar-refractivity contribution < 1.29 is 19.1 Å². The van der Waals surface area contributed by atoms with Crippen molar-refractivity contribution in [3.05, 3.63) is 30.2 Å². The molecule has 0 aliphatic heterocycles. The van der Waals surface area contributed by atoms with Gasteiger partial charge in [0.25, 0.3) is 0 Å². The quantitative estimate of drug-likeness (QED) is 0.821. The van der Waals surface area contributed by atoms with Gasteiger partial charge in [-0.2, -0.15) is 0 Å². The molecule has 0 aliphatic rings. The molecule has 1 N–H and O–H groups in total. The lowest BCUT2D eigenvalue weighted by molar-refractivity contribution is -0.140. The van der Waals surface area contributed by atoms with E-state index in [1.165, 1.54) is 0 Å². The van der Waals surface area contributed by atoms with Gasteiger partial charge >= 0.3 is 5.97 Å². The van der Waals surface area contributed by atoms with Crippen LogP contribution < -0.4 is 0 Å². The molecule has 0 radical (unpaired) electrons. The van der Waals surface area contributed by atoms with Crippen molar-refractivity contribution in [1.82, 2.24) is 4.98 Å². The molecule has 1 atom stereocenters. The van der Waals surface area contributed by atoms with Gasteiger partial charge in [0, 0.05) is 0 Å². The van der Waals surface area contributed by atoms with Gasteiger partial charge in [-0.3, -0.25) is 9.59 Å². The molecule has 1 aromatic carbocycles. The molecule has 0 bridgehead atoms. The molecule has 0 amide bonds. The van der Waals surface area contributed by atoms with Gasteiger partial charge in [-0.25, -0.2) is 4.98 Å². The zero-order valence-corrected chi connectivity index (χ0v) is 11.2. The number of carboxylic acids is 1. The highest BCUT2D eigenvalue weighted by molar-refractivity contribution is 7.96. The molecule has 6 heteroatoms. The average molecular weight is 279 g/mol. The maximum atomic E-state index is 11.8. The number of aromatic nitrogens is 1. The maximum absolute atomic E-state index is 11.8. The Morgan fingerprint density at radius 1 is 1.42 bits per heavy atom. The molecule has 2 rings (SSSR count). The lowest BCUT2D eigenvalue weighted by atomic mass is 9.83. The number of carbonyl (C=O) groups excluding carboxylic acids is 1. The van der Waals surface area contributed by atoms with Gasteiger partial charge in [0.2, 0.25) is 11.0 Å². The van der Waals surface area contributed by atoms with Crippen molar-refractivity contribution in [3.63, 3.8) is 0 Å². The normalized spacial score (nSPS) is 14.2. The lowest BCUT2D eigenvalue weighted by Crippen LogP contribution is -2.35. The van der Waals surface area contributed by atoms with E-state index >= 15 is 0 Å². The van der Waals surface area contributed by atoms with Crippen molar-refractivity contribution in [1.29, 1.82) is 0 Å². The largest absolute Gasteiger partial charge is 0.481 e. The number of hydrogen-bond donors (Lipinski definition) is 2. The van der Waals surface area contributed by atoms with Crippen LogP contribution in [0.25, 0.3) is 11.1 Å². The number of rotatable bonds is 5. The number of para-hydroxylation sites is 2.